The average Bonchev–Trinajstić information content (AvgIpc) is 3.71. The van der Waals surface area contributed by atoms with Gasteiger partial charge in [-0.2, -0.15) is 0 Å². The van der Waals surface area contributed by atoms with Crippen molar-refractivity contribution in [1.29, 1.82) is 0 Å². The molecule has 8 rings (SSSR count). The zero-order chi connectivity index (χ0) is 46.2. The second kappa shape index (κ2) is 19.2. The summed E-state index contributed by atoms with van der Waals surface area (Å²) in [5.74, 6) is 0.532. The Balaban J connectivity index is 0.869. The molecule has 8 fully saturated rings. The average molecular weight is 921 g/mol. The van der Waals surface area contributed by atoms with Crippen molar-refractivity contribution in [2.75, 3.05) is 26.4 Å². The molecule has 27 atom stereocenters. The van der Waals surface area contributed by atoms with Crippen molar-refractivity contribution >= 4 is 0 Å². The van der Waals surface area contributed by atoms with Crippen molar-refractivity contribution in [3.8, 4) is 0 Å². The molecule has 4 aliphatic heterocycles. The molecule has 4 saturated carbocycles. The van der Waals surface area contributed by atoms with Crippen LogP contribution in [0.25, 0.3) is 0 Å². The van der Waals surface area contributed by atoms with Gasteiger partial charge in [-0.3, -0.25) is 0 Å². The van der Waals surface area contributed by atoms with Gasteiger partial charge in [0.2, 0.25) is 0 Å². The van der Waals surface area contributed by atoms with Crippen LogP contribution in [-0.2, 0) is 33.2 Å². The van der Waals surface area contributed by atoms with Crippen LogP contribution in [0.4, 0.5) is 0 Å². The van der Waals surface area contributed by atoms with E-state index >= 15 is 0 Å². The van der Waals surface area contributed by atoms with E-state index in [2.05, 4.69) is 20.8 Å². The van der Waals surface area contributed by atoms with Crippen molar-refractivity contribution in [3.63, 3.8) is 0 Å². The van der Waals surface area contributed by atoms with Crippen LogP contribution < -0.4 is 0 Å². The van der Waals surface area contributed by atoms with Gasteiger partial charge in [-0.1, -0.05) is 27.7 Å². The third-order valence-electron chi connectivity index (χ3n) is 18.0. The van der Waals surface area contributed by atoms with E-state index in [0.29, 0.717) is 42.9 Å². The summed E-state index contributed by atoms with van der Waals surface area (Å²) in [6, 6.07) is 0. The number of aliphatic hydroxyl groups excluding tert-OH is 11. The second-order valence-corrected chi connectivity index (χ2v) is 21.5. The van der Waals surface area contributed by atoms with Gasteiger partial charge in [-0.05, 0) is 104 Å². The molecular formula is C45H76O19. The number of aliphatic hydroxyl groups is 12. The SMILES string of the molecule is C[C@@H](CC[C@@]1(O)OC2CC3C4CCC5CC(O[C@@H]6OC(CO)[C@H](O)C(O)C6O[C@@H]6OC(CO)[C@@H](O)C(O)C6O)CCC5(C)C4CCC3(C)C2[C@@H]1C)CO[C@@H]1OC(CO)[C@@H](O)C(O)C1O. The molecule has 4 saturated heterocycles. The summed E-state index contributed by atoms with van der Waals surface area (Å²) in [5.41, 5.74) is 0.0475. The molecule has 0 spiro atoms. The molecule has 8 aliphatic rings. The van der Waals surface area contributed by atoms with Gasteiger partial charge in [-0.25, -0.2) is 0 Å². The largest absolute Gasteiger partial charge is 0.394 e. The highest BCUT2D eigenvalue weighted by Crippen LogP contribution is 2.71. The van der Waals surface area contributed by atoms with Crippen molar-refractivity contribution in [2.24, 2.45) is 52.3 Å². The van der Waals surface area contributed by atoms with Gasteiger partial charge in [0.1, 0.15) is 73.2 Å². The highest BCUT2D eigenvalue weighted by molar-refractivity contribution is 5.15. The van der Waals surface area contributed by atoms with Crippen molar-refractivity contribution in [3.05, 3.63) is 0 Å². The van der Waals surface area contributed by atoms with E-state index in [-0.39, 0.29) is 47.4 Å². The second-order valence-electron chi connectivity index (χ2n) is 21.5. The summed E-state index contributed by atoms with van der Waals surface area (Å²) in [6.07, 6.45) is -13.7. The molecule has 19 heteroatoms. The predicted molar refractivity (Wildman–Crippen MR) is 219 cm³/mol. The molecular weight excluding hydrogens is 844 g/mol. The molecule has 0 amide bonds. The summed E-state index contributed by atoms with van der Waals surface area (Å²) >= 11 is 0. The maximum absolute atomic E-state index is 12.1. The minimum atomic E-state index is -1.75. The lowest BCUT2D eigenvalue weighted by molar-refractivity contribution is -0.373. The summed E-state index contributed by atoms with van der Waals surface area (Å²) < 4.78 is 42.0. The first-order valence-corrected chi connectivity index (χ1v) is 23.9. The van der Waals surface area contributed by atoms with E-state index in [9.17, 15) is 61.3 Å². The maximum atomic E-state index is 12.1. The third kappa shape index (κ3) is 8.65. The van der Waals surface area contributed by atoms with Gasteiger partial charge in [0.25, 0.3) is 0 Å². The van der Waals surface area contributed by atoms with E-state index in [1.807, 2.05) is 6.92 Å². The molecule has 64 heavy (non-hydrogen) atoms. The van der Waals surface area contributed by atoms with Crippen LogP contribution in [0.3, 0.4) is 0 Å². The Kier molecular flexibility index (Phi) is 14.9. The van der Waals surface area contributed by atoms with E-state index in [1.165, 1.54) is 0 Å². The summed E-state index contributed by atoms with van der Waals surface area (Å²) in [7, 11) is 0. The molecule has 19 nitrogen and oxygen atoms in total. The van der Waals surface area contributed by atoms with Crippen molar-refractivity contribution < 1.29 is 94.4 Å². The number of ether oxygens (including phenoxy) is 7. The smallest absolute Gasteiger partial charge is 0.187 e. The molecule has 0 aromatic carbocycles. The number of fused-ring (bicyclic) bond motifs is 7. The maximum Gasteiger partial charge on any atom is 0.187 e. The Morgan fingerprint density at radius 1 is 0.625 bits per heavy atom. The zero-order valence-corrected chi connectivity index (χ0v) is 37.5. The molecule has 0 aromatic rings. The van der Waals surface area contributed by atoms with E-state index in [0.717, 1.165) is 44.9 Å². The fourth-order valence-electron chi connectivity index (χ4n) is 14.2. The fraction of sp³-hybridized carbons (Fsp3) is 1.00. The van der Waals surface area contributed by atoms with Crippen LogP contribution in [0.2, 0.25) is 0 Å². The van der Waals surface area contributed by atoms with Crippen LogP contribution in [-0.4, -0.2) is 198 Å². The highest BCUT2D eigenvalue weighted by Gasteiger charge is 2.68. The van der Waals surface area contributed by atoms with E-state index in [1.54, 1.807) is 0 Å². The molecule has 370 valence electrons. The molecule has 18 unspecified atom stereocenters. The van der Waals surface area contributed by atoms with Crippen molar-refractivity contribution in [1.82, 2.24) is 0 Å². The number of hydrogen-bond donors (Lipinski definition) is 12. The van der Waals surface area contributed by atoms with Crippen LogP contribution in [0.15, 0.2) is 0 Å². The number of rotatable bonds is 13. The van der Waals surface area contributed by atoms with Crippen LogP contribution in [0.1, 0.15) is 91.9 Å². The minimum absolute atomic E-state index is 0.00000712. The van der Waals surface area contributed by atoms with Gasteiger partial charge in [-0.15, -0.1) is 0 Å². The van der Waals surface area contributed by atoms with Gasteiger partial charge in [0.05, 0.1) is 38.6 Å². The lowest BCUT2D eigenvalue weighted by Gasteiger charge is -2.61. The third-order valence-corrected chi connectivity index (χ3v) is 18.0. The Morgan fingerprint density at radius 2 is 1.20 bits per heavy atom. The highest BCUT2D eigenvalue weighted by atomic mass is 16.8. The molecule has 0 bridgehead atoms. The minimum Gasteiger partial charge on any atom is -0.394 e. The van der Waals surface area contributed by atoms with E-state index < -0.39 is 118 Å². The van der Waals surface area contributed by atoms with Gasteiger partial charge < -0.3 is 94.4 Å². The summed E-state index contributed by atoms with van der Waals surface area (Å²) in [5, 5.41) is 125. The Bertz CT molecular complexity index is 1560. The molecule has 0 radical (unpaired) electrons. The number of hydrogen-bond acceptors (Lipinski definition) is 19. The molecule has 12 N–H and O–H groups in total. The van der Waals surface area contributed by atoms with Crippen LogP contribution in [0.5, 0.6) is 0 Å². The van der Waals surface area contributed by atoms with Gasteiger partial charge in [0.15, 0.2) is 24.7 Å². The summed E-state index contributed by atoms with van der Waals surface area (Å²) in [4.78, 5) is 0. The first-order chi connectivity index (χ1) is 30.3. The first-order valence-electron chi connectivity index (χ1n) is 23.9. The fourth-order valence-corrected chi connectivity index (χ4v) is 14.2. The van der Waals surface area contributed by atoms with Crippen LogP contribution >= 0.6 is 0 Å². The quantitative estimate of drug-likeness (QED) is 0.0909. The van der Waals surface area contributed by atoms with Gasteiger partial charge >= 0.3 is 0 Å². The first kappa shape index (κ1) is 49.7. The Labute approximate surface area is 374 Å². The monoisotopic (exact) mass is 920 g/mol. The zero-order valence-electron chi connectivity index (χ0n) is 37.5. The lowest BCUT2D eigenvalue weighted by atomic mass is 9.44. The van der Waals surface area contributed by atoms with Crippen LogP contribution in [0, 0.1) is 52.3 Å². The molecule has 4 heterocycles. The molecule has 0 aromatic heterocycles. The Hall–Kier alpha value is -0.760. The normalized spacial score (nSPS) is 55.6. The Morgan fingerprint density at radius 3 is 1.84 bits per heavy atom. The standard InChI is InChI=1S/C45H76O19/c1-19(18-58-40-37(55)34(52)31(49)27(15-46)60-40)7-12-45(57)20(2)30-26(64-45)14-25-23-6-5-21-13-22(8-10-43(21,3)24(23)9-11-44(25,30)4)59-42-39(36(54)33(51)29(17-48)62-42)63-41-38(56)35(53)32(50)28(16-47)61-41/h19-42,46-57H,5-18H2,1-4H3/t19-,20-,21?,22?,23?,24?,25?,26?,27?,28?,29?,30?,31+,32+,33-,34?,35?,36?,37?,38?,39?,40+,41-,42+,43?,44?,45+/m0/s1. The molecule has 4 aliphatic carbocycles. The lowest BCUT2D eigenvalue weighted by Crippen LogP contribution is -2.65. The predicted octanol–water partition coefficient (Wildman–Crippen LogP) is -1.78. The van der Waals surface area contributed by atoms with E-state index in [4.69, 9.17) is 33.2 Å². The topological polar surface area (TPSA) is 307 Å². The summed E-state index contributed by atoms with van der Waals surface area (Å²) in [6.45, 7) is 7.28. The van der Waals surface area contributed by atoms with Crippen molar-refractivity contribution in [2.45, 2.75) is 202 Å². The van der Waals surface area contributed by atoms with Gasteiger partial charge in [0, 0.05) is 12.3 Å².